The number of esters is 1. The van der Waals surface area contributed by atoms with Gasteiger partial charge in [0.2, 0.25) is 11.8 Å². The van der Waals surface area contributed by atoms with E-state index in [-0.39, 0.29) is 25.3 Å². The molecule has 28 heavy (non-hydrogen) atoms. The summed E-state index contributed by atoms with van der Waals surface area (Å²) in [5, 5.41) is 14.0. The quantitative estimate of drug-likeness (QED) is 0.108. The molecule has 0 aromatic rings. The molecule has 1 atom stereocenters. The Morgan fingerprint density at radius 3 is 2.29 bits per heavy atom. The Labute approximate surface area is 166 Å². The first-order valence-electron chi connectivity index (χ1n) is 7.98. The summed E-state index contributed by atoms with van der Waals surface area (Å²) in [5.74, 6) is -2.07. The third-order valence-electron chi connectivity index (χ3n) is 3.25. The number of carbonyl (C=O) groups excluding carboxylic acids is 4. The number of aliphatic hydroxyl groups excluding tert-OH is 1. The molecule has 2 amide bonds. The zero-order valence-corrected chi connectivity index (χ0v) is 17.4. The number of nitrogens with one attached hydrogen (secondary N) is 2. The van der Waals surface area contributed by atoms with Crippen LogP contribution < -0.4 is 10.6 Å². The number of thioether (sulfide) groups is 1. The van der Waals surface area contributed by atoms with Crippen LogP contribution in [0.2, 0.25) is 0 Å². The molecule has 0 unspecified atom stereocenters. The number of amides is 2. The van der Waals surface area contributed by atoms with Gasteiger partial charge in [-0.1, -0.05) is 25.6 Å². The van der Waals surface area contributed by atoms with Crippen LogP contribution in [0.1, 0.15) is 20.3 Å². The molecule has 0 bridgehead atoms. The average molecular weight is 444 g/mol. The predicted molar refractivity (Wildman–Crippen MR) is 97.9 cm³/mol. The highest BCUT2D eigenvalue weighted by molar-refractivity contribution is 8.15. The molecule has 0 fully saturated rings. The van der Waals surface area contributed by atoms with Gasteiger partial charge >= 0.3 is 13.8 Å². The number of aliphatic hydroxyl groups is 1. The van der Waals surface area contributed by atoms with Gasteiger partial charge in [-0.3, -0.25) is 18.9 Å². The first-order chi connectivity index (χ1) is 12.8. The minimum absolute atomic E-state index is 0.0919. The van der Waals surface area contributed by atoms with Crippen molar-refractivity contribution in [1.29, 1.82) is 0 Å². The number of phosphoric acid groups is 1. The van der Waals surface area contributed by atoms with Gasteiger partial charge < -0.3 is 30.3 Å². The number of hydrogen-bond acceptors (Lipinski definition) is 9. The number of ether oxygens (including phenoxy) is 1. The van der Waals surface area contributed by atoms with E-state index in [0.29, 0.717) is 11.8 Å². The molecule has 0 rings (SSSR count). The van der Waals surface area contributed by atoms with Gasteiger partial charge in [-0.2, -0.15) is 0 Å². The molecule has 0 radical (unpaired) electrons. The Hall–Kier alpha value is -1.50. The zero-order valence-electron chi connectivity index (χ0n) is 15.7. The first-order valence-corrected chi connectivity index (χ1v) is 10.5. The highest BCUT2D eigenvalue weighted by Crippen LogP contribution is 2.38. The molecule has 0 aliphatic heterocycles. The molecular weight excluding hydrogens is 419 g/mol. The third-order valence-corrected chi connectivity index (χ3v) is 4.56. The summed E-state index contributed by atoms with van der Waals surface area (Å²) in [5.41, 5.74) is -1.28. The molecule has 0 saturated heterocycles. The Kier molecular flexibility index (Phi) is 11.5. The standard InChI is InChI=1S/C14H25N2O10PS/c1-14(2,8-26-27(22,23)24)10(18)11(19)16-5-4-9(17)15-6-7-28-13(21)12(20)25-3/h10,18H,4-8H2,1-3H3,(H,15,17)(H,16,19)(H2,22,23,24)/t10-/m0/s1. The molecule has 14 heteroatoms. The minimum atomic E-state index is -4.74. The van der Waals surface area contributed by atoms with Crippen LogP contribution in [-0.4, -0.2) is 76.5 Å². The van der Waals surface area contributed by atoms with Crippen LogP contribution in [0, 0.1) is 5.41 Å². The SMILES string of the molecule is COC(=O)C(=O)SCCNC(=O)CCNC(=O)[C@H](O)C(C)(C)COP(=O)(O)O. The fourth-order valence-electron chi connectivity index (χ4n) is 1.65. The van der Waals surface area contributed by atoms with Crippen molar-refractivity contribution in [3.63, 3.8) is 0 Å². The van der Waals surface area contributed by atoms with Crippen molar-refractivity contribution < 1.29 is 47.9 Å². The number of rotatable bonds is 11. The van der Waals surface area contributed by atoms with Gasteiger partial charge in [-0.15, -0.1) is 0 Å². The van der Waals surface area contributed by atoms with Crippen LogP contribution in [0.4, 0.5) is 0 Å². The van der Waals surface area contributed by atoms with E-state index in [1.54, 1.807) is 0 Å². The maximum Gasteiger partial charge on any atom is 0.469 e. The van der Waals surface area contributed by atoms with Gasteiger partial charge in [-0.25, -0.2) is 9.36 Å². The zero-order chi connectivity index (χ0) is 22.0. The van der Waals surface area contributed by atoms with Gasteiger partial charge in [0.15, 0.2) is 0 Å². The van der Waals surface area contributed by atoms with E-state index < -0.39 is 48.8 Å². The third kappa shape index (κ3) is 11.4. The molecule has 12 nitrogen and oxygen atoms in total. The van der Waals surface area contributed by atoms with Crippen molar-refractivity contribution in [2.24, 2.45) is 5.41 Å². The van der Waals surface area contributed by atoms with Crippen molar-refractivity contribution in [2.75, 3.05) is 32.6 Å². The second-order valence-corrected chi connectivity index (χ2v) is 8.48. The molecule has 5 N–H and O–H groups in total. The number of methoxy groups -OCH3 is 1. The van der Waals surface area contributed by atoms with Crippen molar-refractivity contribution in [2.45, 2.75) is 26.4 Å². The largest absolute Gasteiger partial charge is 0.469 e. The molecule has 0 spiro atoms. The smallest absolute Gasteiger partial charge is 0.463 e. The van der Waals surface area contributed by atoms with Crippen molar-refractivity contribution >= 4 is 42.5 Å². The summed E-state index contributed by atoms with van der Waals surface area (Å²) in [6, 6.07) is 0. The lowest BCUT2D eigenvalue weighted by Gasteiger charge is -2.29. The summed E-state index contributed by atoms with van der Waals surface area (Å²) >= 11 is 0.694. The van der Waals surface area contributed by atoms with Crippen LogP contribution in [0.25, 0.3) is 0 Å². The monoisotopic (exact) mass is 444 g/mol. The van der Waals surface area contributed by atoms with E-state index in [0.717, 1.165) is 7.11 Å². The molecule has 0 aromatic heterocycles. The van der Waals surface area contributed by atoms with Crippen molar-refractivity contribution in [1.82, 2.24) is 10.6 Å². The number of carbonyl (C=O) groups is 4. The number of phosphoric ester groups is 1. The van der Waals surface area contributed by atoms with Gasteiger partial charge in [-0.05, 0) is 0 Å². The Morgan fingerprint density at radius 2 is 1.75 bits per heavy atom. The van der Waals surface area contributed by atoms with Crippen LogP contribution in [0.5, 0.6) is 0 Å². The van der Waals surface area contributed by atoms with E-state index >= 15 is 0 Å². The molecular formula is C14H25N2O10PS. The topological polar surface area (TPSA) is 189 Å². The lowest BCUT2D eigenvalue weighted by Crippen LogP contribution is -2.46. The van der Waals surface area contributed by atoms with Crippen LogP contribution >= 0.6 is 19.6 Å². The second-order valence-electron chi connectivity index (χ2n) is 6.17. The fraction of sp³-hybridized carbons (Fsp3) is 0.714. The molecule has 0 saturated carbocycles. The molecule has 0 aromatic carbocycles. The van der Waals surface area contributed by atoms with Gasteiger partial charge in [0.25, 0.3) is 5.12 Å². The Bertz CT molecular complexity index is 621. The van der Waals surface area contributed by atoms with Crippen molar-refractivity contribution in [3.8, 4) is 0 Å². The lowest BCUT2D eigenvalue weighted by atomic mass is 9.87. The summed E-state index contributed by atoms with van der Waals surface area (Å²) in [7, 11) is -3.65. The van der Waals surface area contributed by atoms with Gasteiger partial charge in [0.05, 0.1) is 13.7 Å². The highest BCUT2D eigenvalue weighted by Gasteiger charge is 2.35. The maximum absolute atomic E-state index is 11.9. The summed E-state index contributed by atoms with van der Waals surface area (Å²) in [6.45, 7) is 2.23. The molecule has 162 valence electrons. The summed E-state index contributed by atoms with van der Waals surface area (Å²) in [4.78, 5) is 62.9. The summed E-state index contributed by atoms with van der Waals surface area (Å²) < 4.78 is 19.3. The number of hydrogen-bond donors (Lipinski definition) is 5. The molecule has 0 aliphatic carbocycles. The first kappa shape index (κ1) is 26.5. The molecule has 0 aliphatic rings. The van der Waals surface area contributed by atoms with E-state index in [1.807, 2.05) is 0 Å². The van der Waals surface area contributed by atoms with Crippen LogP contribution in [0.15, 0.2) is 0 Å². The highest BCUT2D eigenvalue weighted by atomic mass is 32.2. The van der Waals surface area contributed by atoms with E-state index in [9.17, 15) is 28.8 Å². The van der Waals surface area contributed by atoms with Crippen LogP contribution in [0.3, 0.4) is 0 Å². The Balaban J connectivity index is 4.12. The van der Waals surface area contributed by atoms with Crippen LogP contribution in [-0.2, 0) is 33.0 Å². The Morgan fingerprint density at radius 1 is 1.14 bits per heavy atom. The van der Waals surface area contributed by atoms with Gasteiger partial charge in [0.1, 0.15) is 6.10 Å². The van der Waals surface area contributed by atoms with Gasteiger partial charge in [0, 0.05) is 30.7 Å². The maximum atomic E-state index is 11.9. The normalized spacial score (nSPS) is 12.8. The minimum Gasteiger partial charge on any atom is -0.463 e. The molecule has 0 heterocycles. The average Bonchev–Trinajstić information content (AvgIpc) is 2.61. The van der Waals surface area contributed by atoms with E-state index in [1.165, 1.54) is 13.8 Å². The van der Waals surface area contributed by atoms with E-state index in [4.69, 9.17) is 9.79 Å². The second kappa shape index (κ2) is 12.1. The fourth-order valence-corrected chi connectivity index (χ4v) is 2.74. The summed E-state index contributed by atoms with van der Waals surface area (Å²) in [6.07, 6.45) is -1.73. The lowest BCUT2D eigenvalue weighted by molar-refractivity contribution is -0.147. The van der Waals surface area contributed by atoms with E-state index in [2.05, 4.69) is 19.9 Å². The van der Waals surface area contributed by atoms with Crippen molar-refractivity contribution in [3.05, 3.63) is 0 Å². The predicted octanol–water partition coefficient (Wildman–Crippen LogP) is -1.46.